The monoisotopic (exact) mass is 299 g/mol. The molecule has 0 unspecified atom stereocenters. The zero-order valence-electron chi connectivity index (χ0n) is 12.8. The van der Waals surface area contributed by atoms with Gasteiger partial charge in [-0.3, -0.25) is 4.79 Å². The van der Waals surface area contributed by atoms with E-state index in [0.717, 1.165) is 24.4 Å². The van der Waals surface area contributed by atoms with Crippen LogP contribution in [0.25, 0.3) is 0 Å². The lowest BCUT2D eigenvalue weighted by atomic mass is 9.89. The quantitative estimate of drug-likeness (QED) is 0.847. The number of ketones is 1. The summed E-state index contributed by atoms with van der Waals surface area (Å²) in [6.07, 6.45) is 6.13. The Morgan fingerprint density at radius 2 is 1.95 bits per heavy atom. The molecule has 0 amide bonds. The molecular formula is C17H21N3O2. The Labute approximate surface area is 130 Å². The van der Waals surface area contributed by atoms with Gasteiger partial charge >= 0.3 is 0 Å². The van der Waals surface area contributed by atoms with Crippen molar-refractivity contribution in [3.63, 3.8) is 0 Å². The second kappa shape index (κ2) is 6.73. The molecule has 0 radical (unpaired) electrons. The highest BCUT2D eigenvalue weighted by atomic mass is 16.5. The number of Topliss-reactive ketones (excluding diaryl/α,β-unsaturated/α-hetero) is 1. The van der Waals surface area contributed by atoms with Crippen molar-refractivity contribution in [3.8, 4) is 0 Å². The topological polar surface area (TPSA) is 68.0 Å². The van der Waals surface area contributed by atoms with Gasteiger partial charge in [0.1, 0.15) is 0 Å². The van der Waals surface area contributed by atoms with E-state index in [1.165, 1.54) is 19.3 Å². The van der Waals surface area contributed by atoms with E-state index < -0.39 is 0 Å². The van der Waals surface area contributed by atoms with Gasteiger partial charge in [0.05, 0.1) is 6.54 Å². The first-order valence-electron chi connectivity index (χ1n) is 7.90. The fourth-order valence-corrected chi connectivity index (χ4v) is 2.86. The van der Waals surface area contributed by atoms with Gasteiger partial charge in [-0.05, 0) is 44.0 Å². The van der Waals surface area contributed by atoms with Gasteiger partial charge in [0.2, 0.25) is 5.89 Å². The highest BCUT2D eigenvalue weighted by molar-refractivity contribution is 5.94. The molecule has 5 nitrogen and oxygen atoms in total. The number of rotatable bonds is 5. The molecule has 0 atom stereocenters. The third-order valence-corrected chi connectivity index (χ3v) is 4.18. The van der Waals surface area contributed by atoms with Crippen molar-refractivity contribution in [2.24, 2.45) is 0 Å². The van der Waals surface area contributed by atoms with Gasteiger partial charge in [-0.1, -0.05) is 24.4 Å². The average molecular weight is 299 g/mol. The molecule has 1 fully saturated rings. The van der Waals surface area contributed by atoms with Gasteiger partial charge in [-0.2, -0.15) is 4.98 Å². The van der Waals surface area contributed by atoms with Crippen molar-refractivity contribution < 1.29 is 9.32 Å². The van der Waals surface area contributed by atoms with E-state index in [9.17, 15) is 4.79 Å². The van der Waals surface area contributed by atoms with Crippen LogP contribution in [0.3, 0.4) is 0 Å². The Morgan fingerprint density at radius 3 is 2.64 bits per heavy atom. The Kier molecular flexibility index (Phi) is 4.51. The summed E-state index contributed by atoms with van der Waals surface area (Å²) in [6, 6.07) is 7.40. The summed E-state index contributed by atoms with van der Waals surface area (Å²) in [5.41, 5.74) is 1.65. The fraction of sp³-hybridized carbons (Fsp3) is 0.471. The van der Waals surface area contributed by atoms with Crippen molar-refractivity contribution in [2.75, 3.05) is 5.32 Å². The highest BCUT2D eigenvalue weighted by Crippen LogP contribution is 2.31. The Hall–Kier alpha value is -2.17. The summed E-state index contributed by atoms with van der Waals surface area (Å²) in [5, 5.41) is 7.30. The summed E-state index contributed by atoms with van der Waals surface area (Å²) < 4.78 is 5.40. The molecule has 1 heterocycles. The van der Waals surface area contributed by atoms with Gasteiger partial charge in [0, 0.05) is 17.2 Å². The van der Waals surface area contributed by atoms with Crippen molar-refractivity contribution in [3.05, 3.63) is 41.5 Å². The third kappa shape index (κ3) is 3.53. The van der Waals surface area contributed by atoms with E-state index in [4.69, 9.17) is 4.52 Å². The molecule has 0 aliphatic heterocycles. The predicted molar refractivity (Wildman–Crippen MR) is 83.9 cm³/mol. The first-order valence-corrected chi connectivity index (χ1v) is 7.90. The summed E-state index contributed by atoms with van der Waals surface area (Å²) in [7, 11) is 0. The number of anilines is 1. The predicted octanol–water partition coefficient (Wildman–Crippen LogP) is 3.93. The summed E-state index contributed by atoms with van der Waals surface area (Å²) in [4.78, 5) is 15.7. The first-order chi connectivity index (χ1) is 10.7. The molecule has 0 saturated heterocycles. The maximum atomic E-state index is 11.2. The minimum absolute atomic E-state index is 0.0711. The second-order valence-corrected chi connectivity index (χ2v) is 5.87. The lowest BCUT2D eigenvalue weighted by Gasteiger charge is -2.17. The molecule has 116 valence electrons. The van der Waals surface area contributed by atoms with Crippen molar-refractivity contribution in [2.45, 2.75) is 51.5 Å². The molecule has 3 rings (SSSR count). The van der Waals surface area contributed by atoms with Gasteiger partial charge in [0.15, 0.2) is 11.6 Å². The van der Waals surface area contributed by atoms with Crippen LogP contribution in [0, 0.1) is 0 Å². The third-order valence-electron chi connectivity index (χ3n) is 4.18. The summed E-state index contributed by atoms with van der Waals surface area (Å²) in [5.74, 6) is 1.96. The van der Waals surface area contributed by atoms with Crippen molar-refractivity contribution >= 4 is 11.5 Å². The van der Waals surface area contributed by atoms with Crippen LogP contribution in [0.1, 0.15) is 67.0 Å². The Balaban J connectivity index is 1.57. The molecule has 1 aromatic carbocycles. The molecular weight excluding hydrogens is 278 g/mol. The number of carbonyl (C=O) groups excluding carboxylic acids is 1. The zero-order valence-corrected chi connectivity index (χ0v) is 12.8. The average Bonchev–Trinajstić information content (AvgIpc) is 3.03. The molecule has 1 aliphatic rings. The fourth-order valence-electron chi connectivity index (χ4n) is 2.86. The number of hydrogen-bond acceptors (Lipinski definition) is 5. The number of nitrogens with one attached hydrogen (secondary N) is 1. The van der Waals surface area contributed by atoms with Crippen LogP contribution in [0.2, 0.25) is 0 Å². The Morgan fingerprint density at radius 1 is 1.23 bits per heavy atom. The van der Waals surface area contributed by atoms with E-state index in [-0.39, 0.29) is 5.78 Å². The maximum Gasteiger partial charge on any atom is 0.229 e. The highest BCUT2D eigenvalue weighted by Gasteiger charge is 2.21. The van der Waals surface area contributed by atoms with Gasteiger partial charge < -0.3 is 9.84 Å². The van der Waals surface area contributed by atoms with Crippen molar-refractivity contribution in [1.82, 2.24) is 10.1 Å². The molecule has 5 heteroatoms. The standard InChI is InChI=1S/C17H21N3O2/c1-12(21)13-7-9-15(10-8-13)18-11-16-19-17(22-20-16)14-5-3-2-4-6-14/h7-10,14,18H,2-6,11H2,1H3. The van der Waals surface area contributed by atoms with E-state index in [0.29, 0.717) is 23.9 Å². The largest absolute Gasteiger partial charge is 0.378 e. The van der Waals surface area contributed by atoms with Crippen LogP contribution in [-0.2, 0) is 6.54 Å². The van der Waals surface area contributed by atoms with E-state index in [1.807, 2.05) is 24.3 Å². The second-order valence-electron chi connectivity index (χ2n) is 5.87. The van der Waals surface area contributed by atoms with Crippen LogP contribution in [0.4, 0.5) is 5.69 Å². The lowest BCUT2D eigenvalue weighted by Crippen LogP contribution is -2.06. The van der Waals surface area contributed by atoms with Crippen LogP contribution >= 0.6 is 0 Å². The van der Waals surface area contributed by atoms with Gasteiger partial charge in [-0.15, -0.1) is 0 Å². The van der Waals surface area contributed by atoms with Crippen LogP contribution in [0.5, 0.6) is 0 Å². The SMILES string of the molecule is CC(=O)c1ccc(NCc2noc(C3CCCCC3)n2)cc1. The lowest BCUT2D eigenvalue weighted by molar-refractivity contribution is 0.101. The Bertz CT molecular complexity index is 628. The molecule has 1 aliphatic carbocycles. The van der Waals surface area contributed by atoms with E-state index in [1.54, 1.807) is 6.92 Å². The van der Waals surface area contributed by atoms with Crippen LogP contribution < -0.4 is 5.32 Å². The van der Waals surface area contributed by atoms with E-state index in [2.05, 4.69) is 15.5 Å². The van der Waals surface area contributed by atoms with Crippen LogP contribution in [-0.4, -0.2) is 15.9 Å². The number of benzene rings is 1. The number of aromatic nitrogens is 2. The molecule has 1 saturated carbocycles. The molecule has 1 N–H and O–H groups in total. The van der Waals surface area contributed by atoms with E-state index >= 15 is 0 Å². The molecule has 0 bridgehead atoms. The first kappa shape index (κ1) is 14.8. The molecule has 22 heavy (non-hydrogen) atoms. The molecule has 1 aromatic heterocycles. The van der Waals surface area contributed by atoms with Gasteiger partial charge in [-0.25, -0.2) is 0 Å². The number of carbonyl (C=O) groups is 1. The minimum atomic E-state index is 0.0711. The summed E-state index contributed by atoms with van der Waals surface area (Å²) in [6.45, 7) is 2.09. The molecule has 0 spiro atoms. The van der Waals surface area contributed by atoms with Crippen LogP contribution in [0.15, 0.2) is 28.8 Å². The maximum absolute atomic E-state index is 11.2. The van der Waals surface area contributed by atoms with Crippen molar-refractivity contribution in [1.29, 1.82) is 0 Å². The van der Waals surface area contributed by atoms with Gasteiger partial charge in [0.25, 0.3) is 0 Å². The molecule has 2 aromatic rings. The minimum Gasteiger partial charge on any atom is -0.378 e. The normalized spacial score (nSPS) is 15.7. The smallest absolute Gasteiger partial charge is 0.229 e. The number of nitrogens with zero attached hydrogens (tertiary/aromatic N) is 2. The summed E-state index contributed by atoms with van der Waals surface area (Å²) >= 11 is 0. The zero-order chi connectivity index (χ0) is 15.4. The number of hydrogen-bond donors (Lipinski definition) is 1.